The molecular formula is C13H19FN2O2. The first-order valence-electron chi connectivity index (χ1n) is 5.93. The van der Waals surface area contributed by atoms with Crippen molar-refractivity contribution < 1.29 is 13.9 Å². The summed E-state index contributed by atoms with van der Waals surface area (Å²) < 4.78 is 18.4. The van der Waals surface area contributed by atoms with Crippen LogP contribution in [-0.4, -0.2) is 19.1 Å². The summed E-state index contributed by atoms with van der Waals surface area (Å²) in [6.45, 7) is 4.56. The van der Waals surface area contributed by atoms with E-state index >= 15 is 0 Å². The first-order valence-corrected chi connectivity index (χ1v) is 5.93. The normalized spacial score (nSPS) is 10.4. The first-order chi connectivity index (χ1) is 8.49. The lowest BCUT2D eigenvalue weighted by Crippen LogP contribution is -2.30. The highest BCUT2D eigenvalue weighted by Gasteiger charge is 2.07. The molecular weight excluding hydrogens is 235 g/mol. The molecule has 18 heavy (non-hydrogen) atoms. The topological polar surface area (TPSA) is 64.3 Å². The summed E-state index contributed by atoms with van der Waals surface area (Å²) in [5, 5.41) is 2.70. The molecule has 0 unspecified atom stereocenters. The van der Waals surface area contributed by atoms with Crippen LogP contribution in [0.15, 0.2) is 18.2 Å². The van der Waals surface area contributed by atoms with Crippen molar-refractivity contribution in [3.8, 4) is 5.75 Å². The number of carbonyl (C=O) groups excluding carboxylic acids is 1. The molecule has 0 fully saturated rings. The number of amides is 1. The van der Waals surface area contributed by atoms with Crippen molar-refractivity contribution in [2.24, 2.45) is 5.92 Å². The third-order valence-electron chi connectivity index (χ3n) is 2.36. The Hall–Kier alpha value is -1.78. The molecule has 0 saturated carbocycles. The summed E-state index contributed by atoms with van der Waals surface area (Å²) in [4.78, 5) is 11.4. The number of anilines is 1. The number of ether oxygens (including phenoxy) is 1. The lowest BCUT2D eigenvalue weighted by atomic mass is 10.1. The maximum absolute atomic E-state index is 13.3. The Balaban J connectivity index is 2.33. The van der Waals surface area contributed by atoms with Crippen LogP contribution in [0.2, 0.25) is 0 Å². The van der Waals surface area contributed by atoms with Crippen molar-refractivity contribution in [2.75, 3.05) is 18.9 Å². The van der Waals surface area contributed by atoms with Gasteiger partial charge >= 0.3 is 0 Å². The van der Waals surface area contributed by atoms with E-state index in [-0.39, 0.29) is 18.3 Å². The van der Waals surface area contributed by atoms with Crippen LogP contribution in [0.3, 0.4) is 0 Å². The van der Waals surface area contributed by atoms with Crippen molar-refractivity contribution in [2.45, 2.75) is 20.3 Å². The molecule has 0 heterocycles. The average Bonchev–Trinajstić information content (AvgIpc) is 2.27. The molecule has 0 saturated heterocycles. The van der Waals surface area contributed by atoms with E-state index in [1.165, 1.54) is 12.1 Å². The Morgan fingerprint density at radius 3 is 2.83 bits per heavy atom. The molecule has 0 atom stereocenters. The minimum absolute atomic E-state index is 0.0307. The van der Waals surface area contributed by atoms with Crippen LogP contribution in [0.4, 0.5) is 10.1 Å². The summed E-state index contributed by atoms with van der Waals surface area (Å²) in [5.41, 5.74) is 5.72. The van der Waals surface area contributed by atoms with Gasteiger partial charge in [0, 0.05) is 18.3 Å². The van der Waals surface area contributed by atoms with Gasteiger partial charge in [0.05, 0.1) is 0 Å². The van der Waals surface area contributed by atoms with Crippen LogP contribution in [0.25, 0.3) is 0 Å². The van der Waals surface area contributed by atoms with Gasteiger partial charge in [-0.1, -0.05) is 13.8 Å². The zero-order chi connectivity index (χ0) is 13.5. The molecule has 0 aliphatic heterocycles. The standard InChI is InChI=1S/C13H19FN2O2/c1-9(2)5-6-16-13(17)8-18-12-4-3-10(15)7-11(12)14/h3-4,7,9H,5-6,8,15H2,1-2H3,(H,16,17). The molecule has 100 valence electrons. The quantitative estimate of drug-likeness (QED) is 0.763. The van der Waals surface area contributed by atoms with Gasteiger partial charge in [-0.25, -0.2) is 4.39 Å². The SMILES string of the molecule is CC(C)CCNC(=O)COc1ccc(N)cc1F. The second-order valence-electron chi connectivity index (χ2n) is 4.51. The third kappa shape index (κ3) is 5.03. The number of carbonyl (C=O) groups is 1. The predicted octanol–water partition coefficient (Wildman–Crippen LogP) is 1.95. The maximum Gasteiger partial charge on any atom is 0.257 e. The molecule has 1 aromatic rings. The molecule has 1 rings (SSSR count). The van der Waals surface area contributed by atoms with Crippen molar-refractivity contribution in [1.82, 2.24) is 5.32 Å². The van der Waals surface area contributed by atoms with Crippen molar-refractivity contribution >= 4 is 11.6 Å². The first kappa shape index (κ1) is 14.3. The summed E-state index contributed by atoms with van der Waals surface area (Å²) in [7, 11) is 0. The van der Waals surface area contributed by atoms with E-state index in [9.17, 15) is 9.18 Å². The van der Waals surface area contributed by atoms with Gasteiger partial charge in [0.2, 0.25) is 0 Å². The molecule has 0 bridgehead atoms. The Bertz CT molecular complexity index is 408. The lowest BCUT2D eigenvalue weighted by Gasteiger charge is -2.09. The fourth-order valence-electron chi connectivity index (χ4n) is 1.33. The van der Waals surface area contributed by atoms with Gasteiger partial charge in [-0.2, -0.15) is 0 Å². The molecule has 0 radical (unpaired) electrons. The Labute approximate surface area is 106 Å². The molecule has 1 aromatic carbocycles. The van der Waals surface area contributed by atoms with Crippen LogP contribution in [0, 0.1) is 11.7 Å². The Kier molecular flexibility index (Phi) is 5.42. The molecule has 0 spiro atoms. The van der Waals surface area contributed by atoms with Gasteiger partial charge in [-0.3, -0.25) is 4.79 Å². The highest BCUT2D eigenvalue weighted by Crippen LogP contribution is 2.18. The highest BCUT2D eigenvalue weighted by molar-refractivity contribution is 5.77. The molecule has 0 aliphatic carbocycles. The summed E-state index contributed by atoms with van der Waals surface area (Å²) >= 11 is 0. The van der Waals surface area contributed by atoms with E-state index in [1.54, 1.807) is 0 Å². The van der Waals surface area contributed by atoms with E-state index in [0.717, 1.165) is 12.5 Å². The molecule has 1 amide bonds. The number of hydrogen-bond acceptors (Lipinski definition) is 3. The third-order valence-corrected chi connectivity index (χ3v) is 2.36. The van der Waals surface area contributed by atoms with Gasteiger partial charge in [0.1, 0.15) is 0 Å². The zero-order valence-electron chi connectivity index (χ0n) is 10.7. The fourth-order valence-corrected chi connectivity index (χ4v) is 1.33. The summed E-state index contributed by atoms with van der Waals surface area (Å²) in [6, 6.07) is 4.09. The van der Waals surface area contributed by atoms with E-state index in [1.807, 2.05) is 0 Å². The zero-order valence-corrected chi connectivity index (χ0v) is 10.7. The number of nitrogens with one attached hydrogen (secondary N) is 1. The minimum atomic E-state index is -0.565. The molecule has 0 aliphatic rings. The molecule has 0 aromatic heterocycles. The van der Waals surface area contributed by atoms with E-state index in [4.69, 9.17) is 10.5 Å². The van der Waals surface area contributed by atoms with Gasteiger partial charge in [0.25, 0.3) is 5.91 Å². The lowest BCUT2D eigenvalue weighted by molar-refractivity contribution is -0.123. The second-order valence-corrected chi connectivity index (χ2v) is 4.51. The van der Waals surface area contributed by atoms with Gasteiger partial charge in [-0.15, -0.1) is 0 Å². The fraction of sp³-hybridized carbons (Fsp3) is 0.462. The number of rotatable bonds is 6. The van der Waals surface area contributed by atoms with E-state index in [0.29, 0.717) is 18.2 Å². The van der Waals surface area contributed by atoms with Gasteiger partial charge < -0.3 is 15.8 Å². The number of benzene rings is 1. The van der Waals surface area contributed by atoms with E-state index in [2.05, 4.69) is 19.2 Å². The number of hydrogen-bond donors (Lipinski definition) is 2. The van der Waals surface area contributed by atoms with Crippen LogP contribution < -0.4 is 15.8 Å². The van der Waals surface area contributed by atoms with Crippen LogP contribution >= 0.6 is 0 Å². The smallest absolute Gasteiger partial charge is 0.257 e. The average molecular weight is 254 g/mol. The van der Waals surface area contributed by atoms with Crippen molar-refractivity contribution in [3.05, 3.63) is 24.0 Å². The Morgan fingerprint density at radius 2 is 2.22 bits per heavy atom. The van der Waals surface area contributed by atoms with Crippen molar-refractivity contribution in [3.63, 3.8) is 0 Å². The highest BCUT2D eigenvalue weighted by atomic mass is 19.1. The number of nitrogen functional groups attached to an aromatic ring is 1. The van der Waals surface area contributed by atoms with Crippen LogP contribution in [0.5, 0.6) is 5.75 Å². The number of nitrogens with two attached hydrogens (primary N) is 1. The van der Waals surface area contributed by atoms with Crippen LogP contribution in [-0.2, 0) is 4.79 Å². The monoisotopic (exact) mass is 254 g/mol. The maximum atomic E-state index is 13.3. The Morgan fingerprint density at radius 1 is 1.50 bits per heavy atom. The van der Waals surface area contributed by atoms with Gasteiger partial charge in [0.15, 0.2) is 18.2 Å². The van der Waals surface area contributed by atoms with Crippen LogP contribution in [0.1, 0.15) is 20.3 Å². The largest absolute Gasteiger partial charge is 0.481 e. The summed E-state index contributed by atoms with van der Waals surface area (Å²) in [5.74, 6) is -0.263. The molecule has 4 nitrogen and oxygen atoms in total. The molecule has 3 N–H and O–H groups in total. The summed E-state index contributed by atoms with van der Waals surface area (Å²) in [6.07, 6.45) is 0.905. The minimum Gasteiger partial charge on any atom is -0.481 e. The molecule has 5 heteroatoms. The predicted molar refractivity (Wildman–Crippen MR) is 68.8 cm³/mol. The van der Waals surface area contributed by atoms with Gasteiger partial charge in [-0.05, 0) is 24.5 Å². The van der Waals surface area contributed by atoms with Crippen molar-refractivity contribution in [1.29, 1.82) is 0 Å². The second kappa shape index (κ2) is 6.83. The number of halogens is 1. The van der Waals surface area contributed by atoms with E-state index < -0.39 is 5.82 Å².